The molecule has 2 aliphatic heterocycles. The Hall–Kier alpha value is -1.52. The molecule has 0 radical (unpaired) electrons. The molecule has 1 aliphatic carbocycles. The van der Waals surface area contributed by atoms with Crippen LogP contribution < -0.4 is 4.90 Å². The normalized spacial score (nSPS) is 24.0. The van der Waals surface area contributed by atoms with E-state index in [9.17, 15) is 8.78 Å². The van der Waals surface area contributed by atoms with Crippen LogP contribution in [0.5, 0.6) is 0 Å². The van der Waals surface area contributed by atoms with Gasteiger partial charge in [0.15, 0.2) is 0 Å². The van der Waals surface area contributed by atoms with Crippen molar-refractivity contribution in [3.05, 3.63) is 23.0 Å². The summed E-state index contributed by atoms with van der Waals surface area (Å²) in [5, 5.41) is 0. The summed E-state index contributed by atoms with van der Waals surface area (Å²) in [5.41, 5.74) is 3.87. The van der Waals surface area contributed by atoms with Gasteiger partial charge >= 0.3 is 0 Å². The molecular weight excluding hydrogens is 248 g/mol. The van der Waals surface area contributed by atoms with Gasteiger partial charge in [0.2, 0.25) is 0 Å². The van der Waals surface area contributed by atoms with Crippen LogP contribution in [0.25, 0.3) is 0 Å². The Kier molecular flexibility index (Phi) is 2.23. The number of aliphatic imine (C=N–C) groups is 1. The third kappa shape index (κ3) is 1.91. The SMILES string of the molecule is FC1(F)CCN(c2cc(C3CC3)nc3c2C=NC3)C1. The van der Waals surface area contributed by atoms with Crippen molar-refractivity contribution < 1.29 is 8.78 Å². The lowest BCUT2D eigenvalue weighted by Crippen LogP contribution is -2.26. The summed E-state index contributed by atoms with van der Waals surface area (Å²) < 4.78 is 26.8. The molecule has 0 bridgehead atoms. The van der Waals surface area contributed by atoms with E-state index in [4.69, 9.17) is 0 Å². The van der Waals surface area contributed by atoms with Crippen LogP contribution in [-0.2, 0) is 6.54 Å². The molecule has 2 fully saturated rings. The number of nitrogens with zero attached hydrogens (tertiary/aromatic N) is 3. The zero-order valence-corrected chi connectivity index (χ0v) is 10.6. The highest BCUT2D eigenvalue weighted by molar-refractivity contribution is 5.91. The molecule has 5 heteroatoms. The molecular formula is C14H15F2N3. The summed E-state index contributed by atoms with van der Waals surface area (Å²) in [6.07, 6.45) is 4.06. The first-order valence-corrected chi connectivity index (χ1v) is 6.79. The molecule has 1 aromatic rings. The smallest absolute Gasteiger partial charge is 0.266 e. The Labute approximate surface area is 110 Å². The Morgan fingerprint density at radius 1 is 1.32 bits per heavy atom. The molecule has 3 nitrogen and oxygen atoms in total. The van der Waals surface area contributed by atoms with E-state index in [0.717, 1.165) is 22.6 Å². The third-order valence-corrected chi connectivity index (χ3v) is 4.10. The highest BCUT2D eigenvalue weighted by atomic mass is 19.3. The van der Waals surface area contributed by atoms with Gasteiger partial charge in [0, 0.05) is 42.0 Å². The Balaban J connectivity index is 1.76. The van der Waals surface area contributed by atoms with Crippen LogP contribution in [0.2, 0.25) is 0 Å². The number of hydrogen-bond donors (Lipinski definition) is 0. The van der Waals surface area contributed by atoms with Gasteiger partial charge in [-0.25, -0.2) is 8.78 Å². The monoisotopic (exact) mass is 263 g/mol. The number of halogens is 2. The van der Waals surface area contributed by atoms with E-state index >= 15 is 0 Å². The van der Waals surface area contributed by atoms with Crippen molar-refractivity contribution in [2.45, 2.75) is 37.6 Å². The predicted octanol–water partition coefficient (Wildman–Crippen LogP) is 2.74. The molecule has 1 saturated carbocycles. The molecule has 0 aromatic carbocycles. The molecule has 4 rings (SSSR count). The van der Waals surface area contributed by atoms with Gasteiger partial charge in [-0.05, 0) is 18.9 Å². The number of hydrogen-bond acceptors (Lipinski definition) is 3. The lowest BCUT2D eigenvalue weighted by molar-refractivity contribution is 0.0257. The van der Waals surface area contributed by atoms with Crippen molar-refractivity contribution in [3.8, 4) is 0 Å². The van der Waals surface area contributed by atoms with E-state index in [1.807, 2.05) is 6.07 Å². The van der Waals surface area contributed by atoms with Crippen LogP contribution in [0.3, 0.4) is 0 Å². The van der Waals surface area contributed by atoms with Crippen molar-refractivity contribution in [3.63, 3.8) is 0 Å². The van der Waals surface area contributed by atoms with Crippen molar-refractivity contribution in [2.24, 2.45) is 4.99 Å². The van der Waals surface area contributed by atoms with E-state index in [2.05, 4.69) is 9.98 Å². The summed E-state index contributed by atoms with van der Waals surface area (Å²) in [6.45, 7) is 0.829. The summed E-state index contributed by atoms with van der Waals surface area (Å²) in [5.74, 6) is -2.03. The zero-order valence-electron chi connectivity index (χ0n) is 10.6. The highest BCUT2D eigenvalue weighted by Crippen LogP contribution is 2.42. The molecule has 3 aliphatic rings. The summed E-state index contributed by atoms with van der Waals surface area (Å²) in [4.78, 5) is 10.7. The lowest BCUT2D eigenvalue weighted by Gasteiger charge is -2.21. The molecule has 0 spiro atoms. The van der Waals surface area contributed by atoms with Crippen LogP contribution in [0.4, 0.5) is 14.5 Å². The van der Waals surface area contributed by atoms with Crippen molar-refractivity contribution >= 4 is 11.9 Å². The number of alkyl halides is 2. The first-order chi connectivity index (χ1) is 9.12. The molecule has 0 N–H and O–H groups in total. The van der Waals surface area contributed by atoms with E-state index in [1.54, 1.807) is 11.1 Å². The maximum absolute atomic E-state index is 13.4. The van der Waals surface area contributed by atoms with Gasteiger partial charge in [-0.15, -0.1) is 0 Å². The Morgan fingerprint density at radius 2 is 2.16 bits per heavy atom. The average molecular weight is 263 g/mol. The molecule has 3 heterocycles. The topological polar surface area (TPSA) is 28.5 Å². The maximum atomic E-state index is 13.4. The Bertz CT molecular complexity index is 564. The number of anilines is 1. The first kappa shape index (κ1) is 11.3. The van der Waals surface area contributed by atoms with E-state index in [1.165, 1.54) is 12.8 Å². The van der Waals surface area contributed by atoms with E-state index < -0.39 is 5.92 Å². The fraction of sp³-hybridized carbons (Fsp3) is 0.571. The minimum atomic E-state index is -2.56. The van der Waals surface area contributed by atoms with Gasteiger partial charge < -0.3 is 4.90 Å². The van der Waals surface area contributed by atoms with Crippen molar-refractivity contribution in [1.82, 2.24) is 4.98 Å². The summed E-state index contributed by atoms with van der Waals surface area (Å²) in [6, 6.07) is 2.01. The third-order valence-electron chi connectivity index (χ3n) is 4.10. The molecule has 1 saturated heterocycles. The van der Waals surface area contributed by atoms with Crippen molar-refractivity contribution in [2.75, 3.05) is 18.0 Å². The van der Waals surface area contributed by atoms with Gasteiger partial charge in [0.1, 0.15) is 0 Å². The first-order valence-electron chi connectivity index (χ1n) is 6.79. The number of pyridine rings is 1. The number of rotatable bonds is 2. The van der Waals surface area contributed by atoms with Crippen LogP contribution in [0.1, 0.15) is 42.1 Å². The van der Waals surface area contributed by atoms with Gasteiger partial charge in [-0.1, -0.05) is 0 Å². The molecule has 1 aromatic heterocycles. The van der Waals surface area contributed by atoms with Gasteiger partial charge in [0.05, 0.1) is 18.8 Å². The van der Waals surface area contributed by atoms with E-state index in [0.29, 0.717) is 19.0 Å². The van der Waals surface area contributed by atoms with Crippen LogP contribution in [0.15, 0.2) is 11.1 Å². The molecule has 0 atom stereocenters. The average Bonchev–Trinajstić information content (AvgIpc) is 3.01. The quantitative estimate of drug-likeness (QED) is 0.820. The zero-order chi connectivity index (χ0) is 13.0. The predicted molar refractivity (Wildman–Crippen MR) is 69.3 cm³/mol. The largest absolute Gasteiger partial charge is 0.365 e. The second-order valence-electron chi connectivity index (χ2n) is 5.70. The molecule has 0 amide bonds. The minimum Gasteiger partial charge on any atom is -0.365 e. The fourth-order valence-corrected chi connectivity index (χ4v) is 2.89. The summed E-state index contributed by atoms with van der Waals surface area (Å²) in [7, 11) is 0. The number of aromatic nitrogens is 1. The van der Waals surface area contributed by atoms with Crippen LogP contribution in [-0.4, -0.2) is 30.2 Å². The minimum absolute atomic E-state index is 0.0556. The Morgan fingerprint density at radius 3 is 2.84 bits per heavy atom. The fourth-order valence-electron chi connectivity index (χ4n) is 2.89. The molecule has 19 heavy (non-hydrogen) atoms. The number of fused-ring (bicyclic) bond motifs is 1. The summed E-state index contributed by atoms with van der Waals surface area (Å²) >= 11 is 0. The van der Waals surface area contributed by atoms with Gasteiger partial charge in [-0.3, -0.25) is 9.98 Å². The van der Waals surface area contributed by atoms with Crippen LogP contribution in [0, 0.1) is 0 Å². The van der Waals surface area contributed by atoms with E-state index in [-0.39, 0.29) is 13.0 Å². The second-order valence-corrected chi connectivity index (χ2v) is 5.70. The second kappa shape index (κ2) is 3.74. The maximum Gasteiger partial charge on any atom is 0.266 e. The molecule has 0 unspecified atom stereocenters. The molecule has 100 valence electrons. The van der Waals surface area contributed by atoms with Crippen LogP contribution >= 0.6 is 0 Å². The standard InChI is InChI=1S/C14H15F2N3/c15-14(16)3-4-19(8-14)13-5-11(9-1-2-9)18-12-7-17-6-10(12)13/h5-6,9H,1-4,7-8H2. The van der Waals surface area contributed by atoms with Crippen molar-refractivity contribution in [1.29, 1.82) is 0 Å². The van der Waals surface area contributed by atoms with Gasteiger partial charge in [0.25, 0.3) is 5.92 Å². The lowest BCUT2D eigenvalue weighted by atomic mass is 10.1. The van der Waals surface area contributed by atoms with Gasteiger partial charge in [-0.2, -0.15) is 0 Å². The highest BCUT2D eigenvalue weighted by Gasteiger charge is 2.40.